The van der Waals surface area contributed by atoms with E-state index in [0.29, 0.717) is 20.7 Å². The minimum atomic E-state index is -1.08. The van der Waals surface area contributed by atoms with Crippen LogP contribution >= 0.6 is 27.5 Å². The molecule has 7 nitrogen and oxygen atoms in total. The summed E-state index contributed by atoms with van der Waals surface area (Å²) in [5.41, 5.74) is 1.17. The first-order chi connectivity index (χ1) is 14.2. The van der Waals surface area contributed by atoms with Gasteiger partial charge in [-0.3, -0.25) is 19.3 Å². The van der Waals surface area contributed by atoms with Crippen LogP contribution in [0.15, 0.2) is 28.8 Å². The average molecular weight is 496 g/mol. The summed E-state index contributed by atoms with van der Waals surface area (Å²) in [5, 5.41) is 3.11. The average Bonchev–Trinajstić information content (AvgIpc) is 3.40. The number of halogens is 2. The number of carbonyl (C=O) groups is 4. The minimum absolute atomic E-state index is 0.0661. The van der Waals surface area contributed by atoms with Gasteiger partial charge in [-0.1, -0.05) is 23.8 Å². The highest BCUT2D eigenvalue weighted by atomic mass is 79.9. The number of esters is 1. The number of rotatable bonds is 5. The summed E-state index contributed by atoms with van der Waals surface area (Å²) in [5.74, 6) is -2.61. The van der Waals surface area contributed by atoms with Crippen LogP contribution in [0, 0.1) is 30.6 Å². The summed E-state index contributed by atoms with van der Waals surface area (Å²) in [6, 6.07) is 2.30. The first-order valence-corrected chi connectivity index (χ1v) is 10.8. The van der Waals surface area contributed by atoms with Crippen molar-refractivity contribution in [2.24, 2.45) is 23.7 Å². The Morgan fingerprint density at radius 3 is 2.43 bits per heavy atom. The van der Waals surface area contributed by atoms with Crippen molar-refractivity contribution >= 4 is 56.9 Å². The molecule has 158 valence electrons. The Bertz CT molecular complexity index is 964. The first-order valence-electron chi connectivity index (χ1n) is 9.67. The molecule has 2 bridgehead atoms. The zero-order valence-corrected chi connectivity index (χ0v) is 18.7. The van der Waals surface area contributed by atoms with Gasteiger partial charge >= 0.3 is 5.97 Å². The number of ether oxygens (including phenoxy) is 1. The molecule has 1 heterocycles. The smallest absolute Gasteiger partial charge is 0.329 e. The second kappa shape index (κ2) is 7.81. The highest BCUT2D eigenvalue weighted by molar-refractivity contribution is 9.10. The van der Waals surface area contributed by atoms with E-state index < -0.39 is 24.5 Å². The van der Waals surface area contributed by atoms with Crippen molar-refractivity contribution in [3.63, 3.8) is 0 Å². The Kier molecular flexibility index (Phi) is 5.48. The third kappa shape index (κ3) is 3.36. The number of hydrogen-bond acceptors (Lipinski definition) is 5. The van der Waals surface area contributed by atoms with E-state index in [9.17, 15) is 19.2 Å². The monoisotopic (exact) mass is 494 g/mol. The molecule has 1 aromatic rings. The quantitative estimate of drug-likeness (QED) is 0.385. The van der Waals surface area contributed by atoms with E-state index in [1.807, 2.05) is 12.2 Å². The van der Waals surface area contributed by atoms with E-state index in [2.05, 4.69) is 21.2 Å². The summed E-state index contributed by atoms with van der Waals surface area (Å²) in [7, 11) is 0. The molecule has 4 rings (SSSR count). The van der Waals surface area contributed by atoms with E-state index in [0.717, 1.165) is 11.3 Å². The fourth-order valence-corrected chi connectivity index (χ4v) is 5.24. The standard InChI is InChI=1S/C21H20BrClN2O5/c1-9-14(6-5-13(22)18(9)23)24-15(26)8-30-21(29)10(2)25-19(27)16-11-3-4-12(7-11)17(16)20(25)28/h3-6,10-12,16-17H,7-8H2,1-2H3,(H,24,26)/t10-,11-,12-,16+,17+/m0/s1. The molecule has 0 unspecified atom stereocenters. The van der Waals surface area contributed by atoms with Crippen molar-refractivity contribution in [3.05, 3.63) is 39.3 Å². The van der Waals surface area contributed by atoms with E-state index in [1.54, 1.807) is 19.1 Å². The van der Waals surface area contributed by atoms with Crippen LogP contribution in [0.3, 0.4) is 0 Å². The summed E-state index contributed by atoms with van der Waals surface area (Å²) in [6.07, 6.45) is 4.80. The van der Waals surface area contributed by atoms with Crippen LogP contribution in [0.1, 0.15) is 18.9 Å². The van der Waals surface area contributed by atoms with Crippen LogP contribution in [-0.4, -0.2) is 41.2 Å². The summed E-state index contributed by atoms with van der Waals surface area (Å²) >= 11 is 9.45. The third-order valence-electron chi connectivity index (χ3n) is 6.19. The zero-order valence-electron chi connectivity index (χ0n) is 16.4. The molecule has 3 aliphatic rings. The molecular weight excluding hydrogens is 476 g/mol. The van der Waals surface area contributed by atoms with Crippen molar-refractivity contribution in [2.75, 3.05) is 11.9 Å². The lowest BCUT2D eigenvalue weighted by atomic mass is 9.85. The molecule has 2 aliphatic carbocycles. The van der Waals surface area contributed by atoms with Gasteiger partial charge in [-0.15, -0.1) is 0 Å². The normalized spacial score (nSPS) is 27.4. The maximum atomic E-state index is 12.8. The number of anilines is 1. The second-order valence-electron chi connectivity index (χ2n) is 7.91. The maximum absolute atomic E-state index is 12.8. The second-order valence-corrected chi connectivity index (χ2v) is 9.14. The Morgan fingerprint density at radius 1 is 1.23 bits per heavy atom. The Labute approximate surface area is 186 Å². The molecule has 5 atom stereocenters. The first kappa shape index (κ1) is 21.1. The fourth-order valence-electron chi connectivity index (χ4n) is 4.64. The Hall–Kier alpha value is -2.19. The lowest BCUT2D eigenvalue weighted by Gasteiger charge is -2.23. The number of nitrogens with one attached hydrogen (secondary N) is 1. The van der Waals surface area contributed by atoms with Gasteiger partial charge in [-0.25, -0.2) is 4.79 Å². The molecule has 9 heteroatoms. The largest absolute Gasteiger partial charge is 0.454 e. The zero-order chi connectivity index (χ0) is 21.7. The van der Waals surface area contributed by atoms with Gasteiger partial charge in [0.05, 0.1) is 16.9 Å². The number of imide groups is 1. The number of fused-ring (bicyclic) bond motifs is 5. The summed E-state index contributed by atoms with van der Waals surface area (Å²) in [4.78, 5) is 51.2. The van der Waals surface area contributed by atoms with Crippen molar-refractivity contribution < 1.29 is 23.9 Å². The molecule has 1 saturated carbocycles. The van der Waals surface area contributed by atoms with Gasteiger partial charge in [0, 0.05) is 10.2 Å². The van der Waals surface area contributed by atoms with Crippen LogP contribution in [0.4, 0.5) is 5.69 Å². The van der Waals surface area contributed by atoms with Gasteiger partial charge < -0.3 is 10.1 Å². The molecule has 1 aromatic carbocycles. The van der Waals surface area contributed by atoms with E-state index in [-0.39, 0.29) is 35.5 Å². The molecule has 2 fully saturated rings. The van der Waals surface area contributed by atoms with Crippen LogP contribution in [0.5, 0.6) is 0 Å². The SMILES string of the molecule is Cc1c(NC(=O)COC(=O)[C@H](C)N2C(=O)[C@H]3[C@H](C2=O)[C@H]2C=C[C@H]3C2)ccc(Br)c1Cl. The van der Waals surface area contributed by atoms with Crippen molar-refractivity contribution in [2.45, 2.75) is 26.3 Å². The highest BCUT2D eigenvalue weighted by Crippen LogP contribution is 2.52. The number of allylic oxidation sites excluding steroid dienone is 2. The third-order valence-corrected chi connectivity index (χ3v) is 7.57. The van der Waals surface area contributed by atoms with E-state index >= 15 is 0 Å². The number of likely N-dealkylation sites (tertiary alicyclic amines) is 1. The van der Waals surface area contributed by atoms with Crippen molar-refractivity contribution in [3.8, 4) is 0 Å². The molecule has 30 heavy (non-hydrogen) atoms. The van der Waals surface area contributed by atoms with E-state index in [1.165, 1.54) is 6.92 Å². The number of amides is 3. The van der Waals surface area contributed by atoms with Gasteiger partial charge in [0.25, 0.3) is 5.91 Å². The molecule has 3 amide bonds. The molecule has 1 aliphatic heterocycles. The van der Waals surface area contributed by atoms with Crippen LogP contribution in [0.25, 0.3) is 0 Å². The van der Waals surface area contributed by atoms with Crippen LogP contribution in [-0.2, 0) is 23.9 Å². The molecular formula is C21H20BrClN2O5. The van der Waals surface area contributed by atoms with Crippen molar-refractivity contribution in [1.29, 1.82) is 0 Å². The number of nitrogens with zero attached hydrogens (tertiary/aromatic N) is 1. The van der Waals surface area contributed by atoms with Gasteiger partial charge in [0.15, 0.2) is 6.61 Å². The number of hydrogen-bond donors (Lipinski definition) is 1. The van der Waals surface area contributed by atoms with Crippen molar-refractivity contribution in [1.82, 2.24) is 4.90 Å². The van der Waals surface area contributed by atoms with Crippen LogP contribution in [0.2, 0.25) is 5.02 Å². The molecule has 0 aromatic heterocycles. The molecule has 0 spiro atoms. The highest BCUT2D eigenvalue weighted by Gasteiger charge is 2.60. The molecule has 1 N–H and O–H groups in total. The fraction of sp³-hybridized carbons (Fsp3) is 0.429. The van der Waals surface area contributed by atoms with Gasteiger partial charge in [0.1, 0.15) is 6.04 Å². The molecule has 1 saturated heterocycles. The predicted molar refractivity (Wildman–Crippen MR) is 113 cm³/mol. The topological polar surface area (TPSA) is 92.8 Å². The summed E-state index contributed by atoms with van der Waals surface area (Å²) in [6.45, 7) is 2.66. The number of benzene rings is 1. The van der Waals surface area contributed by atoms with Gasteiger partial charge in [-0.2, -0.15) is 0 Å². The maximum Gasteiger partial charge on any atom is 0.329 e. The lowest BCUT2D eigenvalue weighted by Crippen LogP contribution is -2.45. The lowest BCUT2D eigenvalue weighted by molar-refractivity contribution is -0.159. The Morgan fingerprint density at radius 2 is 1.83 bits per heavy atom. The summed E-state index contributed by atoms with van der Waals surface area (Å²) < 4.78 is 5.78. The van der Waals surface area contributed by atoms with Gasteiger partial charge in [0.2, 0.25) is 11.8 Å². The predicted octanol–water partition coefficient (Wildman–Crippen LogP) is 3.09. The number of carbonyl (C=O) groups excluding carboxylic acids is 4. The van der Waals surface area contributed by atoms with Crippen LogP contribution < -0.4 is 5.32 Å². The van der Waals surface area contributed by atoms with E-state index in [4.69, 9.17) is 16.3 Å². The minimum Gasteiger partial charge on any atom is -0.454 e. The molecule has 0 radical (unpaired) electrons. The van der Waals surface area contributed by atoms with Gasteiger partial charge in [-0.05, 0) is 65.7 Å². The Balaban J connectivity index is 1.35.